The van der Waals surface area contributed by atoms with Crippen LogP contribution in [0.2, 0.25) is 0 Å². The van der Waals surface area contributed by atoms with Crippen molar-refractivity contribution < 1.29 is 9.59 Å². The van der Waals surface area contributed by atoms with Gasteiger partial charge in [-0.1, -0.05) is 36.0 Å². The first-order valence-electron chi connectivity index (χ1n) is 12.0. The summed E-state index contributed by atoms with van der Waals surface area (Å²) in [6.07, 6.45) is 3.23. The van der Waals surface area contributed by atoms with Gasteiger partial charge in [-0.2, -0.15) is 0 Å². The van der Waals surface area contributed by atoms with E-state index in [0.717, 1.165) is 41.5 Å². The molecule has 2 aromatic carbocycles. The molecule has 1 N–H and O–H groups in total. The number of imidazole rings is 1. The standard InChI is InChI=1S/C26H30N6O2S/c1-17-8-6-11-20(14-17)27-23(33)16-35-26-29-28-25-30(21-12-4-5-13-22(21)32(25)26)15-24(34)31-18(2)9-7-10-19(31)3/h4-6,8,11-14,18-19H,7,9-10,15-16H2,1-3H3,(H,27,33)/t18-,19-/m0/s1. The normalized spacial score (nSPS) is 18.3. The van der Waals surface area contributed by atoms with Crippen molar-refractivity contribution >= 4 is 46.1 Å². The highest BCUT2D eigenvalue weighted by Gasteiger charge is 2.30. The number of thioether (sulfide) groups is 1. The first kappa shape index (κ1) is 23.4. The van der Waals surface area contributed by atoms with Crippen molar-refractivity contribution in [2.45, 2.75) is 63.8 Å². The molecule has 0 saturated carbocycles. The SMILES string of the molecule is Cc1cccc(NC(=O)CSc2nnc3n(CC(=O)N4[C@@H](C)CCC[C@@H]4C)c4ccccc4n23)c1. The van der Waals surface area contributed by atoms with Gasteiger partial charge in [0, 0.05) is 17.8 Å². The predicted octanol–water partition coefficient (Wildman–Crippen LogP) is 4.51. The lowest BCUT2D eigenvalue weighted by Crippen LogP contribution is -2.48. The number of anilines is 1. The molecule has 9 heteroatoms. The molecule has 0 radical (unpaired) electrons. The number of amides is 2. The quantitative estimate of drug-likeness (QED) is 0.402. The molecule has 1 fully saturated rings. The van der Waals surface area contributed by atoms with Gasteiger partial charge in [-0.25, -0.2) is 0 Å². The van der Waals surface area contributed by atoms with Crippen LogP contribution in [-0.2, 0) is 16.1 Å². The minimum Gasteiger partial charge on any atom is -0.336 e. The summed E-state index contributed by atoms with van der Waals surface area (Å²) < 4.78 is 3.88. The molecule has 2 aromatic heterocycles. The van der Waals surface area contributed by atoms with Crippen LogP contribution in [0.25, 0.3) is 16.8 Å². The molecule has 35 heavy (non-hydrogen) atoms. The van der Waals surface area contributed by atoms with Gasteiger partial charge in [-0.15, -0.1) is 10.2 Å². The van der Waals surface area contributed by atoms with Crippen LogP contribution in [0.4, 0.5) is 5.69 Å². The monoisotopic (exact) mass is 490 g/mol. The Morgan fingerprint density at radius 1 is 1.03 bits per heavy atom. The molecular weight excluding hydrogens is 460 g/mol. The summed E-state index contributed by atoms with van der Waals surface area (Å²) in [7, 11) is 0. The molecule has 3 heterocycles. The van der Waals surface area contributed by atoms with E-state index < -0.39 is 0 Å². The van der Waals surface area contributed by atoms with Crippen LogP contribution in [0.3, 0.4) is 0 Å². The summed E-state index contributed by atoms with van der Waals surface area (Å²) in [6, 6.07) is 16.1. The summed E-state index contributed by atoms with van der Waals surface area (Å²) in [6.45, 7) is 6.46. The van der Waals surface area contributed by atoms with E-state index >= 15 is 0 Å². The third kappa shape index (κ3) is 4.65. The number of para-hydroxylation sites is 2. The smallest absolute Gasteiger partial charge is 0.243 e. The number of fused-ring (bicyclic) bond motifs is 3. The summed E-state index contributed by atoms with van der Waals surface area (Å²) in [5, 5.41) is 12.3. The average Bonchev–Trinajstić information content (AvgIpc) is 3.37. The second-order valence-electron chi connectivity index (χ2n) is 9.33. The number of aromatic nitrogens is 4. The van der Waals surface area contributed by atoms with Gasteiger partial charge in [0.25, 0.3) is 0 Å². The predicted molar refractivity (Wildman–Crippen MR) is 139 cm³/mol. The van der Waals surface area contributed by atoms with Gasteiger partial charge in [0.05, 0.1) is 16.8 Å². The number of likely N-dealkylation sites (tertiary alicyclic amines) is 1. The number of nitrogens with one attached hydrogen (secondary N) is 1. The fourth-order valence-corrected chi connectivity index (χ4v) is 5.81. The van der Waals surface area contributed by atoms with Gasteiger partial charge in [-0.05, 0) is 69.9 Å². The number of hydrogen-bond acceptors (Lipinski definition) is 5. The molecule has 5 rings (SSSR count). The van der Waals surface area contributed by atoms with E-state index in [-0.39, 0.29) is 36.2 Å². The third-order valence-corrected chi connectivity index (χ3v) is 7.61. The number of carbonyl (C=O) groups excluding carboxylic acids is 2. The molecule has 4 aromatic rings. The van der Waals surface area contributed by atoms with Crippen molar-refractivity contribution in [2.75, 3.05) is 11.1 Å². The Morgan fingerprint density at radius 2 is 1.77 bits per heavy atom. The lowest BCUT2D eigenvalue weighted by atomic mass is 9.97. The highest BCUT2D eigenvalue weighted by Crippen LogP contribution is 2.28. The second-order valence-corrected chi connectivity index (χ2v) is 10.3. The molecule has 1 aliphatic rings. The van der Waals surface area contributed by atoms with Crippen molar-refractivity contribution in [2.24, 2.45) is 0 Å². The fraction of sp³-hybridized carbons (Fsp3) is 0.385. The molecule has 182 valence electrons. The van der Waals surface area contributed by atoms with E-state index in [0.29, 0.717) is 10.9 Å². The van der Waals surface area contributed by atoms with E-state index in [2.05, 4.69) is 29.4 Å². The van der Waals surface area contributed by atoms with Crippen molar-refractivity contribution in [1.29, 1.82) is 0 Å². The molecule has 2 atom stereocenters. The van der Waals surface area contributed by atoms with Gasteiger partial charge in [-0.3, -0.25) is 18.6 Å². The number of aryl methyl sites for hydroxylation is 1. The largest absolute Gasteiger partial charge is 0.336 e. The fourth-order valence-electron chi connectivity index (χ4n) is 5.07. The van der Waals surface area contributed by atoms with Crippen LogP contribution in [0, 0.1) is 6.92 Å². The first-order chi connectivity index (χ1) is 16.9. The van der Waals surface area contributed by atoms with Crippen molar-refractivity contribution in [3.05, 3.63) is 54.1 Å². The van der Waals surface area contributed by atoms with Crippen LogP contribution in [-0.4, -0.2) is 53.7 Å². The minimum atomic E-state index is -0.107. The number of nitrogens with zero attached hydrogens (tertiary/aromatic N) is 5. The molecule has 0 bridgehead atoms. The van der Waals surface area contributed by atoms with E-state index in [4.69, 9.17) is 0 Å². The highest BCUT2D eigenvalue weighted by atomic mass is 32.2. The van der Waals surface area contributed by atoms with Crippen LogP contribution in [0.5, 0.6) is 0 Å². The zero-order valence-corrected chi connectivity index (χ0v) is 21.1. The molecule has 0 spiro atoms. The molecular formula is C26H30N6O2S. The molecule has 1 aliphatic heterocycles. The Morgan fingerprint density at radius 3 is 2.51 bits per heavy atom. The zero-order valence-electron chi connectivity index (χ0n) is 20.3. The molecule has 8 nitrogen and oxygen atoms in total. The minimum absolute atomic E-state index is 0.0997. The van der Waals surface area contributed by atoms with E-state index in [9.17, 15) is 9.59 Å². The van der Waals surface area contributed by atoms with E-state index in [1.165, 1.54) is 11.8 Å². The lowest BCUT2D eigenvalue weighted by molar-refractivity contribution is -0.137. The average molecular weight is 491 g/mol. The molecule has 0 aliphatic carbocycles. The number of benzene rings is 2. The second kappa shape index (κ2) is 9.73. The van der Waals surface area contributed by atoms with E-state index in [1.807, 2.05) is 69.3 Å². The third-order valence-electron chi connectivity index (χ3n) is 6.68. The van der Waals surface area contributed by atoms with Gasteiger partial charge in [0.2, 0.25) is 17.6 Å². The summed E-state index contributed by atoms with van der Waals surface area (Å²) >= 11 is 1.33. The van der Waals surface area contributed by atoms with Crippen molar-refractivity contribution in [3.8, 4) is 0 Å². The maximum absolute atomic E-state index is 13.4. The van der Waals surface area contributed by atoms with Crippen LogP contribution in [0.15, 0.2) is 53.7 Å². The Balaban J connectivity index is 1.39. The number of rotatable bonds is 6. The lowest BCUT2D eigenvalue weighted by Gasteiger charge is -2.39. The van der Waals surface area contributed by atoms with Crippen LogP contribution >= 0.6 is 11.8 Å². The zero-order chi connectivity index (χ0) is 24.5. The number of piperidine rings is 1. The number of carbonyl (C=O) groups is 2. The van der Waals surface area contributed by atoms with E-state index in [1.54, 1.807) is 0 Å². The highest BCUT2D eigenvalue weighted by molar-refractivity contribution is 7.99. The van der Waals surface area contributed by atoms with Crippen LogP contribution in [0.1, 0.15) is 38.7 Å². The number of hydrogen-bond donors (Lipinski definition) is 1. The van der Waals surface area contributed by atoms with Crippen molar-refractivity contribution in [3.63, 3.8) is 0 Å². The maximum atomic E-state index is 13.4. The van der Waals surface area contributed by atoms with Crippen LogP contribution < -0.4 is 5.32 Å². The van der Waals surface area contributed by atoms with Gasteiger partial charge >= 0.3 is 0 Å². The summed E-state index contributed by atoms with van der Waals surface area (Å²) in [5.41, 5.74) is 3.71. The topological polar surface area (TPSA) is 84.5 Å². The molecule has 2 amide bonds. The maximum Gasteiger partial charge on any atom is 0.243 e. The Bertz CT molecular complexity index is 1380. The Kier molecular flexibility index (Phi) is 6.51. The van der Waals surface area contributed by atoms with Gasteiger partial charge in [0.15, 0.2) is 5.16 Å². The first-order valence-corrected chi connectivity index (χ1v) is 13.0. The molecule has 1 saturated heterocycles. The Labute approximate surface area is 208 Å². The van der Waals surface area contributed by atoms with Gasteiger partial charge in [0.1, 0.15) is 6.54 Å². The van der Waals surface area contributed by atoms with Gasteiger partial charge < -0.3 is 10.2 Å². The summed E-state index contributed by atoms with van der Waals surface area (Å²) in [4.78, 5) is 28.0. The summed E-state index contributed by atoms with van der Waals surface area (Å²) in [5.74, 6) is 0.807. The molecule has 0 unspecified atom stereocenters. The Hall–Kier alpha value is -3.33. The van der Waals surface area contributed by atoms with Crippen molar-refractivity contribution in [1.82, 2.24) is 24.1 Å².